The van der Waals surface area contributed by atoms with E-state index in [2.05, 4.69) is 0 Å². The number of carbonyl (C=O) groups is 1. The monoisotopic (exact) mass is 252 g/mol. The fraction of sp³-hybridized carbons (Fsp3) is 0.889. The Morgan fingerprint density at radius 3 is 2.12 bits per heavy atom. The smallest absolute Gasteiger partial charge is 0.317 e. The van der Waals surface area contributed by atoms with Gasteiger partial charge in [-0.1, -0.05) is 0 Å². The van der Waals surface area contributed by atoms with E-state index in [-0.39, 0.29) is 18.8 Å². The van der Waals surface area contributed by atoms with E-state index in [9.17, 15) is 13.2 Å². The van der Waals surface area contributed by atoms with Gasteiger partial charge >= 0.3 is 5.97 Å². The molecule has 0 aliphatic rings. The molecule has 0 spiro atoms. The average Bonchev–Trinajstić information content (AvgIpc) is 2.07. The first-order chi connectivity index (χ1) is 7.20. The largest absolute Gasteiger partial charge is 0.480 e. The predicted octanol–water partition coefficient (Wildman–Crippen LogP) is -1.02. The molecule has 0 aliphatic carbocycles. The molecule has 0 rings (SSSR count). The quantitative estimate of drug-likeness (QED) is 0.596. The van der Waals surface area contributed by atoms with E-state index in [0.717, 1.165) is 6.26 Å². The first-order valence-corrected chi connectivity index (χ1v) is 7.03. The lowest BCUT2D eigenvalue weighted by molar-refractivity contribution is -0.138. The van der Waals surface area contributed by atoms with Crippen molar-refractivity contribution in [2.24, 2.45) is 0 Å². The van der Waals surface area contributed by atoms with Gasteiger partial charge in [-0.15, -0.1) is 0 Å². The summed E-state index contributed by atoms with van der Waals surface area (Å²) in [6.45, 7) is 1.40. The van der Waals surface area contributed by atoms with Crippen molar-refractivity contribution < 1.29 is 18.3 Å². The molecule has 0 aromatic heterocycles. The summed E-state index contributed by atoms with van der Waals surface area (Å²) in [7, 11) is 0.727. The third-order valence-corrected chi connectivity index (χ3v) is 2.92. The Morgan fingerprint density at radius 1 is 1.19 bits per heavy atom. The Labute approximate surface area is 96.8 Å². The Kier molecular flexibility index (Phi) is 6.54. The molecule has 0 atom stereocenters. The average molecular weight is 252 g/mol. The number of hydrogen-bond acceptors (Lipinski definition) is 5. The van der Waals surface area contributed by atoms with E-state index in [1.54, 1.807) is 4.90 Å². The molecule has 0 unspecified atom stereocenters. The maximum atomic E-state index is 11.0. The van der Waals surface area contributed by atoms with Gasteiger partial charge in [0.15, 0.2) is 0 Å². The van der Waals surface area contributed by atoms with Crippen LogP contribution < -0.4 is 0 Å². The highest BCUT2D eigenvalue weighted by Crippen LogP contribution is 1.92. The van der Waals surface area contributed by atoms with Crippen molar-refractivity contribution in [1.82, 2.24) is 9.80 Å². The van der Waals surface area contributed by atoms with Crippen LogP contribution in [0.15, 0.2) is 0 Å². The third-order valence-electron chi connectivity index (χ3n) is 2.00. The van der Waals surface area contributed by atoms with E-state index in [1.807, 2.05) is 19.0 Å². The highest BCUT2D eigenvalue weighted by molar-refractivity contribution is 7.90. The predicted molar refractivity (Wildman–Crippen MR) is 62.3 cm³/mol. The number of hydrogen-bond donors (Lipinski definition) is 1. The van der Waals surface area contributed by atoms with Crippen LogP contribution in [0, 0.1) is 0 Å². The Balaban J connectivity index is 4.15. The Bertz CT molecular complexity index is 313. The Morgan fingerprint density at radius 2 is 1.75 bits per heavy atom. The van der Waals surface area contributed by atoms with Crippen LogP contribution in [0.4, 0.5) is 0 Å². The maximum absolute atomic E-state index is 11.0. The fourth-order valence-electron chi connectivity index (χ4n) is 1.10. The van der Waals surface area contributed by atoms with Crippen LogP contribution in [0.5, 0.6) is 0 Å². The number of aliphatic carboxylic acids is 1. The minimum atomic E-state index is -3.04. The van der Waals surface area contributed by atoms with Crippen LogP contribution in [-0.4, -0.2) is 81.6 Å². The molecule has 6 nitrogen and oxygen atoms in total. The Hall–Kier alpha value is -0.660. The van der Waals surface area contributed by atoms with Crippen LogP contribution in [0.2, 0.25) is 0 Å². The van der Waals surface area contributed by atoms with E-state index in [0.29, 0.717) is 13.1 Å². The number of likely N-dealkylation sites (N-methyl/N-ethyl adjacent to an activating group) is 1. The molecule has 96 valence electrons. The van der Waals surface area contributed by atoms with Crippen molar-refractivity contribution in [1.29, 1.82) is 0 Å². The SMILES string of the molecule is CN(C)CCN(CCS(C)(=O)=O)CC(=O)O. The highest BCUT2D eigenvalue weighted by atomic mass is 32.2. The van der Waals surface area contributed by atoms with Crippen molar-refractivity contribution in [3.05, 3.63) is 0 Å². The number of carboxylic acids is 1. The van der Waals surface area contributed by atoms with Crippen LogP contribution in [-0.2, 0) is 14.6 Å². The van der Waals surface area contributed by atoms with Crippen molar-refractivity contribution in [3.8, 4) is 0 Å². The molecular weight excluding hydrogens is 232 g/mol. The van der Waals surface area contributed by atoms with Crippen LogP contribution in [0.3, 0.4) is 0 Å². The maximum Gasteiger partial charge on any atom is 0.317 e. The minimum absolute atomic E-state index is 0.00624. The summed E-state index contributed by atoms with van der Waals surface area (Å²) in [6, 6.07) is 0. The summed E-state index contributed by atoms with van der Waals surface area (Å²) >= 11 is 0. The molecule has 0 saturated carbocycles. The normalized spacial score (nSPS) is 12.3. The lowest BCUT2D eigenvalue weighted by Crippen LogP contribution is -2.38. The van der Waals surface area contributed by atoms with Crippen molar-refractivity contribution >= 4 is 15.8 Å². The van der Waals surface area contributed by atoms with E-state index < -0.39 is 15.8 Å². The van der Waals surface area contributed by atoms with Crippen molar-refractivity contribution in [2.45, 2.75) is 0 Å². The summed E-state index contributed by atoms with van der Waals surface area (Å²) in [6.07, 6.45) is 1.15. The lowest BCUT2D eigenvalue weighted by atomic mass is 10.4. The molecule has 1 N–H and O–H groups in total. The number of rotatable bonds is 8. The second-order valence-corrected chi connectivity index (χ2v) is 6.36. The molecule has 7 heteroatoms. The summed E-state index contributed by atoms with van der Waals surface area (Å²) in [5, 5.41) is 8.67. The second kappa shape index (κ2) is 6.82. The van der Waals surface area contributed by atoms with Crippen LogP contribution in [0.1, 0.15) is 0 Å². The van der Waals surface area contributed by atoms with Gasteiger partial charge in [0.2, 0.25) is 0 Å². The number of nitrogens with zero attached hydrogens (tertiary/aromatic N) is 2. The molecule has 0 amide bonds. The molecule has 0 aromatic rings. The zero-order valence-electron chi connectivity index (χ0n) is 10.0. The number of sulfone groups is 1. The molecule has 0 saturated heterocycles. The summed E-state index contributed by atoms with van der Waals surface area (Å²) in [4.78, 5) is 14.1. The molecule has 0 radical (unpaired) electrons. The van der Waals surface area contributed by atoms with Gasteiger partial charge in [-0.25, -0.2) is 8.42 Å². The van der Waals surface area contributed by atoms with Gasteiger partial charge in [-0.2, -0.15) is 0 Å². The van der Waals surface area contributed by atoms with Gasteiger partial charge < -0.3 is 10.0 Å². The minimum Gasteiger partial charge on any atom is -0.480 e. The van der Waals surface area contributed by atoms with Gasteiger partial charge in [-0.05, 0) is 14.1 Å². The van der Waals surface area contributed by atoms with Crippen molar-refractivity contribution in [3.63, 3.8) is 0 Å². The van der Waals surface area contributed by atoms with Crippen LogP contribution in [0.25, 0.3) is 0 Å². The summed E-state index contributed by atoms with van der Waals surface area (Å²) in [5.41, 5.74) is 0. The highest BCUT2D eigenvalue weighted by Gasteiger charge is 2.12. The van der Waals surface area contributed by atoms with Crippen molar-refractivity contribution in [2.75, 3.05) is 52.3 Å². The second-order valence-electron chi connectivity index (χ2n) is 4.10. The molecule has 0 fully saturated rings. The van der Waals surface area contributed by atoms with E-state index in [4.69, 9.17) is 5.11 Å². The van der Waals surface area contributed by atoms with Crippen LogP contribution >= 0.6 is 0 Å². The molecule has 0 bridgehead atoms. The number of carboxylic acid groups (broad SMARTS) is 1. The molecule has 0 aromatic carbocycles. The van der Waals surface area contributed by atoms with Gasteiger partial charge in [0.05, 0.1) is 12.3 Å². The van der Waals surface area contributed by atoms with Gasteiger partial charge in [-0.3, -0.25) is 9.69 Å². The third kappa shape index (κ3) is 9.88. The summed E-state index contributed by atoms with van der Waals surface area (Å²) < 4.78 is 22.0. The standard InChI is InChI=1S/C9H20N2O4S/c1-10(2)4-5-11(8-9(12)13)6-7-16(3,14)15/h4-8H2,1-3H3,(H,12,13). The lowest BCUT2D eigenvalue weighted by Gasteiger charge is -2.21. The first-order valence-electron chi connectivity index (χ1n) is 4.97. The van der Waals surface area contributed by atoms with Gasteiger partial charge in [0.1, 0.15) is 9.84 Å². The zero-order chi connectivity index (χ0) is 12.8. The topological polar surface area (TPSA) is 77.9 Å². The molecule has 16 heavy (non-hydrogen) atoms. The van der Waals surface area contributed by atoms with E-state index in [1.165, 1.54) is 0 Å². The molecule has 0 aliphatic heterocycles. The summed E-state index contributed by atoms with van der Waals surface area (Å²) in [5.74, 6) is -0.944. The zero-order valence-corrected chi connectivity index (χ0v) is 10.8. The van der Waals surface area contributed by atoms with Gasteiger partial charge in [0, 0.05) is 25.9 Å². The first kappa shape index (κ1) is 15.3. The molecule has 0 heterocycles. The van der Waals surface area contributed by atoms with Gasteiger partial charge in [0.25, 0.3) is 0 Å². The van der Waals surface area contributed by atoms with E-state index >= 15 is 0 Å². The molecular formula is C9H20N2O4S. The fourth-order valence-corrected chi connectivity index (χ4v) is 1.69.